The van der Waals surface area contributed by atoms with E-state index in [9.17, 15) is 14.3 Å². The maximum atomic E-state index is 15.4. The molecule has 41 heavy (non-hydrogen) atoms. The second-order valence-electron chi connectivity index (χ2n) is 9.51. The van der Waals surface area contributed by atoms with Crippen molar-refractivity contribution in [1.29, 1.82) is 0 Å². The van der Waals surface area contributed by atoms with Crippen LogP contribution in [0.5, 0.6) is 5.88 Å². The average molecular weight is 644 g/mol. The van der Waals surface area contributed by atoms with Crippen LogP contribution in [0.3, 0.4) is 0 Å². The number of fused-ring (bicyclic) bond motifs is 1. The van der Waals surface area contributed by atoms with Gasteiger partial charge >= 0.3 is 5.97 Å². The lowest BCUT2D eigenvalue weighted by atomic mass is 10.0. The molecule has 1 atom stereocenters. The Balaban J connectivity index is 1.27. The predicted octanol–water partition coefficient (Wildman–Crippen LogP) is 7.00. The number of carboxylic acids is 1. The molecule has 2 aromatic carbocycles. The van der Waals surface area contributed by atoms with Crippen LogP contribution in [-0.2, 0) is 24.3 Å². The fourth-order valence-electron chi connectivity index (χ4n) is 4.62. The number of rotatable bonds is 9. The second-order valence-corrected chi connectivity index (χ2v) is 12.0. The number of benzene rings is 2. The number of aromatic carboxylic acids is 1. The van der Waals surface area contributed by atoms with Crippen molar-refractivity contribution in [3.8, 4) is 17.1 Å². The van der Waals surface area contributed by atoms with Crippen molar-refractivity contribution in [2.45, 2.75) is 32.1 Å². The first-order valence-corrected chi connectivity index (χ1v) is 14.2. The third-order valence-electron chi connectivity index (χ3n) is 6.80. The van der Waals surface area contributed by atoms with Gasteiger partial charge in [-0.3, -0.25) is 0 Å². The highest BCUT2D eigenvalue weighted by Crippen LogP contribution is 2.30. The van der Waals surface area contributed by atoms with Gasteiger partial charge in [0.1, 0.15) is 33.7 Å². The smallest absolute Gasteiger partial charge is 0.335 e. The monoisotopic (exact) mass is 643 g/mol. The number of hydrogen-bond donors (Lipinski definition) is 1. The van der Waals surface area contributed by atoms with E-state index in [0.29, 0.717) is 38.7 Å². The summed E-state index contributed by atoms with van der Waals surface area (Å²) in [7, 11) is 0. The van der Waals surface area contributed by atoms with Crippen molar-refractivity contribution in [1.82, 2.24) is 14.5 Å². The van der Waals surface area contributed by atoms with Gasteiger partial charge in [-0.15, -0.1) is 11.3 Å². The molecule has 0 radical (unpaired) electrons. The fraction of sp³-hybridized carbons (Fsp3) is 0.207. The van der Waals surface area contributed by atoms with E-state index in [1.807, 2.05) is 4.57 Å². The standard InChI is InChI=1S/C29H21BrF3N3O4S/c30-28-22(33)11-18(41-28)14-40-27-3-1-2-23(35-27)19-12-20(31)16(8-21(19)32)10-26-34-24-5-4-15(29(37)38)9-25(24)36(26)13-17-6-7-39-17/h1-5,8-9,11-12,17H,6-7,10,13-14H2,(H,37,38). The molecule has 6 rings (SSSR count). The van der Waals surface area contributed by atoms with Crippen LogP contribution in [0.1, 0.15) is 33.0 Å². The van der Waals surface area contributed by atoms with E-state index in [1.165, 1.54) is 29.5 Å². The molecule has 5 aromatic rings. The van der Waals surface area contributed by atoms with E-state index in [2.05, 4.69) is 25.9 Å². The molecular weight excluding hydrogens is 623 g/mol. The van der Waals surface area contributed by atoms with Crippen LogP contribution in [0.4, 0.5) is 13.2 Å². The Morgan fingerprint density at radius 3 is 2.63 bits per heavy atom. The van der Waals surface area contributed by atoms with Gasteiger partial charge < -0.3 is 19.1 Å². The van der Waals surface area contributed by atoms with Gasteiger partial charge in [-0.25, -0.2) is 27.9 Å². The van der Waals surface area contributed by atoms with Crippen LogP contribution in [-0.4, -0.2) is 38.3 Å². The van der Waals surface area contributed by atoms with Crippen LogP contribution in [0, 0.1) is 17.5 Å². The predicted molar refractivity (Wildman–Crippen MR) is 150 cm³/mol. The summed E-state index contributed by atoms with van der Waals surface area (Å²) in [4.78, 5) is 21.1. The molecule has 1 aliphatic heterocycles. The third-order valence-corrected chi connectivity index (χ3v) is 8.53. The van der Waals surface area contributed by atoms with Crippen LogP contribution in [0.25, 0.3) is 22.3 Å². The highest BCUT2D eigenvalue weighted by Gasteiger charge is 2.24. The van der Waals surface area contributed by atoms with Gasteiger partial charge in [-0.2, -0.15) is 0 Å². The molecule has 1 unspecified atom stereocenters. The van der Waals surface area contributed by atoms with Gasteiger partial charge in [0.15, 0.2) is 0 Å². The van der Waals surface area contributed by atoms with Crippen molar-refractivity contribution >= 4 is 44.3 Å². The Labute approximate surface area is 244 Å². The number of nitrogens with zero attached hydrogens (tertiary/aromatic N) is 3. The molecule has 210 valence electrons. The van der Waals surface area contributed by atoms with E-state index in [1.54, 1.807) is 24.3 Å². The van der Waals surface area contributed by atoms with Crippen molar-refractivity contribution in [3.63, 3.8) is 0 Å². The fourth-order valence-corrected chi connectivity index (χ4v) is 6.02. The number of carbonyl (C=O) groups is 1. The molecule has 1 N–H and O–H groups in total. The van der Waals surface area contributed by atoms with Gasteiger partial charge in [0.05, 0.1) is 34.9 Å². The van der Waals surface area contributed by atoms with E-state index < -0.39 is 17.6 Å². The highest BCUT2D eigenvalue weighted by atomic mass is 79.9. The highest BCUT2D eigenvalue weighted by molar-refractivity contribution is 9.11. The normalized spacial score (nSPS) is 14.8. The largest absolute Gasteiger partial charge is 0.478 e. The van der Waals surface area contributed by atoms with Gasteiger partial charge in [-0.1, -0.05) is 6.07 Å². The minimum Gasteiger partial charge on any atom is -0.478 e. The summed E-state index contributed by atoms with van der Waals surface area (Å²) in [6.07, 6.45) is 0.757. The van der Waals surface area contributed by atoms with E-state index in [0.717, 1.165) is 18.6 Å². The zero-order chi connectivity index (χ0) is 28.7. The van der Waals surface area contributed by atoms with Crippen molar-refractivity contribution in [2.75, 3.05) is 6.61 Å². The Hall–Kier alpha value is -3.74. The van der Waals surface area contributed by atoms with Gasteiger partial charge in [0, 0.05) is 29.5 Å². The van der Waals surface area contributed by atoms with Crippen LogP contribution < -0.4 is 4.74 Å². The summed E-state index contributed by atoms with van der Waals surface area (Å²) in [5, 5.41) is 9.44. The Morgan fingerprint density at radius 2 is 1.93 bits per heavy atom. The molecule has 4 heterocycles. The maximum Gasteiger partial charge on any atom is 0.335 e. The Bertz CT molecular complexity index is 1770. The van der Waals surface area contributed by atoms with Gasteiger partial charge in [0.2, 0.25) is 5.88 Å². The number of imidazole rings is 1. The minimum absolute atomic E-state index is 0.0175. The number of carboxylic acid groups (broad SMARTS) is 1. The molecule has 12 heteroatoms. The van der Waals surface area contributed by atoms with Gasteiger partial charge in [-0.05, 0) is 70.4 Å². The molecule has 1 saturated heterocycles. The summed E-state index contributed by atoms with van der Waals surface area (Å²) in [6.45, 7) is 1.13. The van der Waals surface area contributed by atoms with Crippen LogP contribution >= 0.6 is 27.3 Å². The Kier molecular flexibility index (Phi) is 7.54. The molecule has 0 bridgehead atoms. The quantitative estimate of drug-likeness (QED) is 0.186. The number of ether oxygens (including phenoxy) is 2. The van der Waals surface area contributed by atoms with E-state index >= 15 is 8.78 Å². The van der Waals surface area contributed by atoms with E-state index in [-0.39, 0.29) is 53.2 Å². The average Bonchev–Trinajstić information content (AvgIpc) is 3.44. The zero-order valence-corrected chi connectivity index (χ0v) is 23.6. The first-order valence-electron chi connectivity index (χ1n) is 12.6. The lowest BCUT2D eigenvalue weighted by molar-refractivity contribution is -0.0589. The molecule has 0 amide bonds. The van der Waals surface area contributed by atoms with Crippen molar-refractivity contribution < 1.29 is 32.5 Å². The molecule has 0 saturated carbocycles. The van der Waals surface area contributed by atoms with Crippen molar-refractivity contribution in [3.05, 3.63) is 97.7 Å². The van der Waals surface area contributed by atoms with E-state index in [4.69, 9.17) is 9.47 Å². The minimum atomic E-state index is -1.07. The summed E-state index contributed by atoms with van der Waals surface area (Å²) in [5.41, 5.74) is 1.49. The summed E-state index contributed by atoms with van der Waals surface area (Å²) in [6, 6.07) is 12.9. The van der Waals surface area contributed by atoms with Crippen molar-refractivity contribution in [2.24, 2.45) is 0 Å². The Morgan fingerprint density at radius 1 is 1.10 bits per heavy atom. The molecule has 0 aliphatic carbocycles. The molecule has 7 nitrogen and oxygen atoms in total. The number of thiophene rings is 1. The summed E-state index contributed by atoms with van der Waals surface area (Å²) in [5.74, 6) is -2.11. The molecular formula is C29H21BrF3N3O4S. The molecule has 3 aromatic heterocycles. The number of halogens is 4. The SMILES string of the molecule is O=C(O)c1ccc2nc(Cc3cc(F)c(-c4cccc(OCc5cc(F)c(Br)s5)n4)cc3F)n(CC3CCO3)c2c1. The lowest BCUT2D eigenvalue weighted by Gasteiger charge is -2.27. The van der Waals surface area contributed by atoms with Crippen LogP contribution in [0.15, 0.2) is 58.4 Å². The molecule has 1 aliphatic rings. The zero-order valence-electron chi connectivity index (χ0n) is 21.2. The topological polar surface area (TPSA) is 86.5 Å². The van der Waals surface area contributed by atoms with Gasteiger partial charge in [0.25, 0.3) is 0 Å². The maximum absolute atomic E-state index is 15.4. The first kappa shape index (κ1) is 27.4. The second kappa shape index (κ2) is 11.3. The number of hydrogen-bond acceptors (Lipinski definition) is 6. The summed E-state index contributed by atoms with van der Waals surface area (Å²) < 4.78 is 57.7. The molecule has 1 fully saturated rings. The lowest BCUT2D eigenvalue weighted by Crippen LogP contribution is -2.31. The number of aromatic nitrogens is 3. The summed E-state index contributed by atoms with van der Waals surface area (Å²) >= 11 is 4.32. The number of pyridine rings is 1. The first-order chi connectivity index (χ1) is 19.7. The van der Waals surface area contributed by atoms with Crippen LogP contribution in [0.2, 0.25) is 0 Å². The molecule has 0 spiro atoms. The third kappa shape index (κ3) is 5.72.